The summed E-state index contributed by atoms with van der Waals surface area (Å²) >= 11 is 0. The first-order valence-corrected chi connectivity index (χ1v) is 5.13. The summed E-state index contributed by atoms with van der Waals surface area (Å²) in [5.74, 6) is -1.25. The molecule has 0 aromatic heterocycles. The molecular weight excluding hydrogens is 251 g/mol. The summed E-state index contributed by atoms with van der Waals surface area (Å²) in [5.41, 5.74) is -0.477. The lowest BCUT2D eigenvalue weighted by atomic mass is 10.3. The van der Waals surface area contributed by atoms with Crippen molar-refractivity contribution in [2.45, 2.75) is 5.51 Å². The maximum Gasteiger partial charge on any atom is 0.534 e. The van der Waals surface area contributed by atoms with E-state index in [0.717, 1.165) is 12.1 Å². The molecule has 0 heterocycles. The van der Waals surface area contributed by atoms with Gasteiger partial charge in [-0.15, -0.1) is 0 Å². The number of hydrogen-bond acceptors (Lipinski definition) is 5. The Morgan fingerprint density at radius 3 is 2.31 bits per heavy atom. The maximum atomic E-state index is 11.9. The number of alkyl halides is 3. The van der Waals surface area contributed by atoms with Gasteiger partial charge in [-0.1, -0.05) is 0 Å². The van der Waals surface area contributed by atoms with Crippen LogP contribution in [0.15, 0.2) is 18.2 Å². The number of halogens is 3. The molecule has 0 unspecified atom stereocenters. The molecule has 0 bridgehead atoms. The largest absolute Gasteiger partial charge is 0.534 e. The zero-order valence-electron chi connectivity index (χ0n) is 7.52. The van der Waals surface area contributed by atoms with Crippen molar-refractivity contribution in [1.29, 1.82) is 0 Å². The van der Waals surface area contributed by atoms with Crippen LogP contribution in [0.5, 0.6) is 11.5 Å². The summed E-state index contributed by atoms with van der Waals surface area (Å²) in [5, 5.41) is 9.02. The van der Waals surface area contributed by atoms with E-state index in [0.29, 0.717) is 6.07 Å². The molecule has 3 N–H and O–H groups in total. The highest BCUT2D eigenvalue weighted by Gasteiger charge is 2.48. The first-order valence-electron chi connectivity index (χ1n) is 3.73. The topological polar surface area (TPSA) is 89.6 Å². The van der Waals surface area contributed by atoms with Crippen LogP contribution in [0.1, 0.15) is 0 Å². The predicted octanol–water partition coefficient (Wildman–Crippen LogP) is 1.20. The Balaban J connectivity index is 3.03. The van der Waals surface area contributed by atoms with Gasteiger partial charge in [0.05, 0.1) is 5.69 Å². The molecule has 90 valence electrons. The molecule has 0 radical (unpaired) electrons. The van der Waals surface area contributed by atoms with Crippen molar-refractivity contribution < 1.29 is 30.9 Å². The molecule has 0 aliphatic rings. The minimum Gasteiger partial charge on any atom is -0.506 e. The molecular formula is C7H6F3NO4S. The van der Waals surface area contributed by atoms with E-state index in [4.69, 9.17) is 10.8 Å². The molecule has 0 saturated carbocycles. The molecule has 1 aromatic rings. The van der Waals surface area contributed by atoms with Gasteiger partial charge in [-0.05, 0) is 12.1 Å². The quantitative estimate of drug-likeness (QED) is 0.359. The van der Waals surface area contributed by atoms with Crippen LogP contribution < -0.4 is 9.92 Å². The van der Waals surface area contributed by atoms with E-state index in [2.05, 4.69) is 4.18 Å². The molecule has 1 rings (SSSR count). The van der Waals surface area contributed by atoms with Crippen LogP contribution in [0.25, 0.3) is 0 Å². The standard InChI is InChI=1S/C7H6F3NO4S/c8-7(9,10)16(13,14)15-4-1-2-5(11)6(12)3-4/h1-3,12H,11H2. The van der Waals surface area contributed by atoms with Crippen LogP contribution in [-0.4, -0.2) is 19.0 Å². The first kappa shape index (κ1) is 12.4. The third-order valence-electron chi connectivity index (χ3n) is 1.49. The molecule has 0 atom stereocenters. The molecule has 0 fully saturated rings. The highest BCUT2D eigenvalue weighted by molar-refractivity contribution is 7.87. The Labute approximate surface area is 88.4 Å². The fraction of sp³-hybridized carbons (Fsp3) is 0.143. The van der Waals surface area contributed by atoms with Gasteiger partial charge in [-0.2, -0.15) is 21.6 Å². The normalized spacial score (nSPS) is 12.4. The smallest absolute Gasteiger partial charge is 0.506 e. The third kappa shape index (κ3) is 2.48. The molecule has 0 aliphatic carbocycles. The van der Waals surface area contributed by atoms with E-state index in [1.807, 2.05) is 0 Å². The van der Waals surface area contributed by atoms with Crippen molar-refractivity contribution >= 4 is 15.8 Å². The van der Waals surface area contributed by atoms with E-state index < -0.39 is 27.1 Å². The molecule has 1 aromatic carbocycles. The lowest BCUT2D eigenvalue weighted by Gasteiger charge is -2.09. The van der Waals surface area contributed by atoms with Gasteiger partial charge < -0.3 is 15.0 Å². The maximum absolute atomic E-state index is 11.9. The van der Waals surface area contributed by atoms with Crippen molar-refractivity contribution in [2.75, 3.05) is 5.73 Å². The number of nitrogens with two attached hydrogens (primary N) is 1. The fourth-order valence-electron chi connectivity index (χ4n) is 0.749. The number of anilines is 1. The van der Waals surface area contributed by atoms with E-state index in [1.165, 1.54) is 0 Å². The minimum absolute atomic E-state index is 0.114. The van der Waals surface area contributed by atoms with Gasteiger partial charge in [0.2, 0.25) is 0 Å². The first-order chi connectivity index (χ1) is 7.13. The molecule has 0 amide bonds. The summed E-state index contributed by atoms with van der Waals surface area (Å²) < 4.78 is 60.5. The highest BCUT2D eigenvalue weighted by atomic mass is 32.2. The van der Waals surface area contributed by atoms with Crippen molar-refractivity contribution in [1.82, 2.24) is 0 Å². The van der Waals surface area contributed by atoms with Crippen LogP contribution in [0, 0.1) is 0 Å². The Morgan fingerprint density at radius 1 is 1.31 bits per heavy atom. The Hall–Kier alpha value is -1.64. The molecule has 0 saturated heterocycles. The van der Waals surface area contributed by atoms with E-state index in [1.54, 1.807) is 0 Å². The number of aromatic hydroxyl groups is 1. The van der Waals surface area contributed by atoms with Crippen LogP contribution >= 0.6 is 0 Å². The Kier molecular flexibility index (Phi) is 2.91. The van der Waals surface area contributed by atoms with Gasteiger partial charge in [-0.25, -0.2) is 0 Å². The van der Waals surface area contributed by atoms with Gasteiger partial charge in [0.15, 0.2) is 0 Å². The summed E-state index contributed by atoms with van der Waals surface area (Å²) in [6.07, 6.45) is 0. The van der Waals surface area contributed by atoms with E-state index in [-0.39, 0.29) is 5.69 Å². The number of phenols is 1. The average Bonchev–Trinajstić information content (AvgIpc) is 2.09. The average molecular weight is 257 g/mol. The molecule has 0 spiro atoms. The Morgan fingerprint density at radius 2 is 1.88 bits per heavy atom. The second kappa shape index (κ2) is 3.74. The summed E-state index contributed by atoms with van der Waals surface area (Å²) in [6.45, 7) is 0. The van der Waals surface area contributed by atoms with Gasteiger partial charge in [0, 0.05) is 6.07 Å². The lowest BCUT2D eigenvalue weighted by Crippen LogP contribution is -2.28. The monoisotopic (exact) mass is 257 g/mol. The lowest BCUT2D eigenvalue weighted by molar-refractivity contribution is -0.0500. The molecule has 5 nitrogen and oxygen atoms in total. The van der Waals surface area contributed by atoms with Gasteiger partial charge in [0.25, 0.3) is 0 Å². The summed E-state index contributed by atoms with van der Waals surface area (Å²) in [7, 11) is -5.73. The van der Waals surface area contributed by atoms with Crippen LogP contribution in [0.2, 0.25) is 0 Å². The van der Waals surface area contributed by atoms with Crippen molar-refractivity contribution in [3.8, 4) is 11.5 Å². The van der Waals surface area contributed by atoms with Gasteiger partial charge in [0.1, 0.15) is 11.5 Å². The van der Waals surface area contributed by atoms with Crippen LogP contribution in [-0.2, 0) is 10.1 Å². The highest BCUT2D eigenvalue weighted by Crippen LogP contribution is 2.30. The van der Waals surface area contributed by atoms with Crippen LogP contribution in [0.3, 0.4) is 0 Å². The second-order valence-electron chi connectivity index (χ2n) is 2.70. The fourth-order valence-corrected chi connectivity index (χ4v) is 1.20. The minimum atomic E-state index is -5.73. The second-order valence-corrected chi connectivity index (χ2v) is 4.24. The van der Waals surface area contributed by atoms with Gasteiger partial charge >= 0.3 is 15.6 Å². The van der Waals surface area contributed by atoms with Crippen molar-refractivity contribution in [3.63, 3.8) is 0 Å². The number of hydrogen-bond donors (Lipinski definition) is 2. The molecule has 0 aliphatic heterocycles. The SMILES string of the molecule is Nc1ccc(OS(=O)(=O)C(F)(F)F)cc1O. The van der Waals surface area contributed by atoms with Gasteiger partial charge in [-0.3, -0.25) is 0 Å². The summed E-state index contributed by atoms with van der Waals surface area (Å²) in [4.78, 5) is 0. The number of phenolic OH excluding ortho intramolecular Hbond substituents is 1. The number of nitrogen functional groups attached to an aromatic ring is 1. The summed E-state index contributed by atoms with van der Waals surface area (Å²) in [6, 6.07) is 2.56. The number of benzene rings is 1. The van der Waals surface area contributed by atoms with E-state index >= 15 is 0 Å². The zero-order valence-corrected chi connectivity index (χ0v) is 8.34. The van der Waals surface area contributed by atoms with Crippen molar-refractivity contribution in [3.05, 3.63) is 18.2 Å². The molecule has 16 heavy (non-hydrogen) atoms. The zero-order chi connectivity index (χ0) is 12.6. The number of rotatable bonds is 2. The Bertz CT molecular complexity index is 497. The van der Waals surface area contributed by atoms with E-state index in [9.17, 15) is 21.6 Å². The predicted molar refractivity (Wildman–Crippen MR) is 48.1 cm³/mol. The third-order valence-corrected chi connectivity index (χ3v) is 2.47. The van der Waals surface area contributed by atoms with Crippen LogP contribution in [0.4, 0.5) is 18.9 Å². The van der Waals surface area contributed by atoms with Crippen molar-refractivity contribution in [2.24, 2.45) is 0 Å². The molecule has 9 heteroatoms.